The molecule has 1 saturated heterocycles. The molecule has 6 rings (SSSR count). The maximum atomic E-state index is 13.9. The highest BCUT2D eigenvalue weighted by atomic mass is 19.1. The van der Waals surface area contributed by atoms with Gasteiger partial charge in [0.05, 0.1) is 24.7 Å². The fourth-order valence-corrected chi connectivity index (χ4v) is 5.77. The van der Waals surface area contributed by atoms with Gasteiger partial charge in [-0.1, -0.05) is 36.4 Å². The maximum absolute atomic E-state index is 13.9. The third kappa shape index (κ3) is 6.01. The number of ether oxygens (including phenoxy) is 1. The highest BCUT2D eigenvalue weighted by Crippen LogP contribution is 2.26. The smallest absolute Gasteiger partial charge is 0.326 e. The molecule has 1 N–H and O–H groups in total. The average Bonchev–Trinajstić information content (AvgIpc) is 3.60. The number of nitrogens with one attached hydrogen (secondary N) is 1. The molecular weight excluding hydrogens is 535 g/mol. The number of amides is 1. The van der Waals surface area contributed by atoms with E-state index >= 15 is 0 Å². The highest BCUT2D eigenvalue weighted by Gasteiger charge is 2.28. The van der Waals surface area contributed by atoms with E-state index in [0.29, 0.717) is 57.1 Å². The predicted octanol–water partition coefficient (Wildman–Crippen LogP) is 5.75. The van der Waals surface area contributed by atoms with E-state index in [-0.39, 0.29) is 23.5 Å². The molecule has 8 nitrogen and oxygen atoms in total. The first kappa shape index (κ1) is 27.5. The number of carbonyl (C=O) groups is 1. The molecule has 216 valence electrons. The number of benzene rings is 3. The summed E-state index contributed by atoms with van der Waals surface area (Å²) in [6, 6.07) is 25.7. The first-order valence-corrected chi connectivity index (χ1v) is 14.1. The lowest BCUT2D eigenvalue weighted by Gasteiger charge is -2.32. The summed E-state index contributed by atoms with van der Waals surface area (Å²) in [6.45, 7) is 2.63. The van der Waals surface area contributed by atoms with Crippen LogP contribution in [0, 0.1) is 5.82 Å². The largest absolute Gasteiger partial charge is 0.497 e. The van der Waals surface area contributed by atoms with Gasteiger partial charge in [-0.2, -0.15) is 0 Å². The van der Waals surface area contributed by atoms with E-state index in [1.54, 1.807) is 24.1 Å². The summed E-state index contributed by atoms with van der Waals surface area (Å²) in [4.78, 5) is 32.8. The Bertz CT molecular complexity index is 1730. The summed E-state index contributed by atoms with van der Waals surface area (Å²) in [5, 5.41) is 0. The number of furan rings is 1. The van der Waals surface area contributed by atoms with Crippen molar-refractivity contribution >= 4 is 16.9 Å². The standard InChI is InChI=1S/C33H33FN4O4/c1-41-27-11-9-23(10-12-27)20-36(21-24-5-4-6-25(34)19-24)22-28-13-14-31(42-28)32(39)37-17-15-26(16-18-37)38-30-8-3-2-7-29(30)35-33(38)40/h2-14,19,26H,15-18,20-22H2,1H3,(H,35,40). The third-order valence-electron chi connectivity index (χ3n) is 7.85. The van der Waals surface area contributed by atoms with E-state index in [4.69, 9.17) is 9.15 Å². The van der Waals surface area contributed by atoms with Crippen molar-refractivity contribution in [1.82, 2.24) is 19.4 Å². The van der Waals surface area contributed by atoms with E-state index in [1.165, 1.54) is 12.1 Å². The zero-order valence-electron chi connectivity index (χ0n) is 23.5. The fourth-order valence-electron chi connectivity index (χ4n) is 5.77. The number of methoxy groups -OCH3 is 1. The first-order valence-electron chi connectivity index (χ1n) is 14.1. The Labute approximate surface area is 242 Å². The minimum absolute atomic E-state index is 0.0270. The normalized spacial score (nSPS) is 14.1. The molecule has 0 atom stereocenters. The molecule has 5 aromatic rings. The van der Waals surface area contributed by atoms with Gasteiger partial charge in [0.1, 0.15) is 17.3 Å². The lowest BCUT2D eigenvalue weighted by molar-refractivity contribution is 0.0658. The van der Waals surface area contributed by atoms with Crippen molar-refractivity contribution in [2.75, 3.05) is 20.2 Å². The van der Waals surface area contributed by atoms with Gasteiger partial charge in [0.15, 0.2) is 5.76 Å². The molecule has 1 aliphatic heterocycles. The van der Waals surface area contributed by atoms with Crippen LogP contribution in [0.5, 0.6) is 5.75 Å². The molecule has 0 radical (unpaired) electrons. The van der Waals surface area contributed by atoms with E-state index < -0.39 is 0 Å². The highest BCUT2D eigenvalue weighted by molar-refractivity contribution is 5.91. The summed E-state index contributed by atoms with van der Waals surface area (Å²) in [5.41, 5.74) is 3.52. The quantitative estimate of drug-likeness (QED) is 0.245. The number of fused-ring (bicyclic) bond motifs is 1. The summed E-state index contributed by atoms with van der Waals surface area (Å²) < 4.78 is 27.1. The summed E-state index contributed by atoms with van der Waals surface area (Å²) >= 11 is 0. The maximum Gasteiger partial charge on any atom is 0.326 e. The van der Waals surface area contributed by atoms with Crippen molar-refractivity contribution in [3.63, 3.8) is 0 Å². The van der Waals surface area contributed by atoms with Crippen molar-refractivity contribution in [3.05, 3.63) is 124 Å². The molecule has 1 amide bonds. The molecule has 0 unspecified atom stereocenters. The SMILES string of the molecule is COc1ccc(CN(Cc2cccc(F)c2)Cc2ccc(C(=O)N3CCC(n4c(=O)[nH]c5ccccc54)CC3)o2)cc1. The van der Waals surface area contributed by atoms with Crippen LogP contribution in [0.15, 0.2) is 94.1 Å². The van der Waals surface area contributed by atoms with E-state index in [2.05, 4.69) is 9.88 Å². The number of hydrogen-bond donors (Lipinski definition) is 1. The van der Waals surface area contributed by atoms with Crippen LogP contribution in [0.1, 0.15) is 46.3 Å². The number of hydrogen-bond acceptors (Lipinski definition) is 5. The van der Waals surface area contributed by atoms with Gasteiger partial charge >= 0.3 is 5.69 Å². The van der Waals surface area contributed by atoms with Crippen LogP contribution in [0.2, 0.25) is 0 Å². The second-order valence-electron chi connectivity index (χ2n) is 10.7. The van der Waals surface area contributed by atoms with Crippen molar-refractivity contribution in [3.8, 4) is 5.75 Å². The molecule has 1 aliphatic rings. The molecular formula is C33H33FN4O4. The number of aromatic nitrogens is 2. The van der Waals surface area contributed by atoms with Crippen molar-refractivity contribution in [2.24, 2.45) is 0 Å². The Balaban J connectivity index is 1.12. The molecule has 9 heteroatoms. The lowest BCUT2D eigenvalue weighted by Crippen LogP contribution is -2.40. The molecule has 0 saturated carbocycles. The number of halogens is 1. The van der Waals surface area contributed by atoms with Crippen molar-refractivity contribution in [2.45, 2.75) is 38.5 Å². The number of carbonyl (C=O) groups excluding carboxylic acids is 1. The molecule has 0 spiro atoms. The monoisotopic (exact) mass is 568 g/mol. The van der Waals surface area contributed by atoms with Gasteiger partial charge in [0.25, 0.3) is 5.91 Å². The number of aromatic amines is 1. The Hall–Kier alpha value is -4.63. The van der Waals surface area contributed by atoms with Gasteiger partial charge in [0.2, 0.25) is 0 Å². The molecule has 42 heavy (non-hydrogen) atoms. The van der Waals surface area contributed by atoms with E-state index in [0.717, 1.165) is 27.9 Å². The van der Waals surface area contributed by atoms with Gasteiger partial charge < -0.3 is 19.0 Å². The zero-order valence-corrected chi connectivity index (χ0v) is 23.5. The van der Waals surface area contributed by atoms with Crippen LogP contribution in [0.3, 0.4) is 0 Å². The van der Waals surface area contributed by atoms with Crippen LogP contribution in [-0.2, 0) is 19.6 Å². The van der Waals surface area contributed by atoms with Gasteiger partial charge in [-0.25, -0.2) is 9.18 Å². The molecule has 2 aromatic heterocycles. The van der Waals surface area contributed by atoms with Crippen LogP contribution < -0.4 is 10.4 Å². The zero-order chi connectivity index (χ0) is 29.1. The van der Waals surface area contributed by atoms with Gasteiger partial charge in [-0.15, -0.1) is 0 Å². The Morgan fingerprint density at radius 2 is 1.71 bits per heavy atom. The lowest BCUT2D eigenvalue weighted by atomic mass is 10.0. The average molecular weight is 569 g/mol. The number of likely N-dealkylation sites (tertiary alicyclic amines) is 1. The second kappa shape index (κ2) is 12.1. The number of H-pyrrole nitrogens is 1. The second-order valence-corrected chi connectivity index (χ2v) is 10.7. The summed E-state index contributed by atoms with van der Waals surface area (Å²) in [7, 11) is 1.63. The first-order chi connectivity index (χ1) is 20.5. The minimum Gasteiger partial charge on any atom is -0.497 e. The minimum atomic E-state index is -0.277. The van der Waals surface area contributed by atoms with Crippen LogP contribution in [0.4, 0.5) is 4.39 Å². The van der Waals surface area contributed by atoms with Crippen molar-refractivity contribution in [1.29, 1.82) is 0 Å². The molecule has 0 aliphatic carbocycles. The van der Waals surface area contributed by atoms with Gasteiger partial charge in [-0.3, -0.25) is 14.3 Å². The number of piperidine rings is 1. The Morgan fingerprint density at radius 3 is 2.48 bits per heavy atom. The van der Waals surface area contributed by atoms with Crippen LogP contribution >= 0.6 is 0 Å². The van der Waals surface area contributed by atoms with E-state index in [1.807, 2.05) is 65.2 Å². The van der Waals surface area contributed by atoms with E-state index in [9.17, 15) is 14.0 Å². The molecule has 1 fully saturated rings. The molecule has 0 bridgehead atoms. The number of rotatable bonds is 9. The Kier molecular flexibility index (Phi) is 7.92. The topological polar surface area (TPSA) is 83.7 Å². The third-order valence-corrected chi connectivity index (χ3v) is 7.85. The number of imidazole rings is 1. The predicted molar refractivity (Wildman–Crippen MR) is 158 cm³/mol. The number of nitrogens with zero attached hydrogens (tertiary/aromatic N) is 3. The van der Waals surface area contributed by atoms with Crippen LogP contribution in [-0.4, -0.2) is 45.5 Å². The van der Waals surface area contributed by atoms with Crippen molar-refractivity contribution < 1.29 is 18.3 Å². The summed E-state index contributed by atoms with van der Waals surface area (Å²) in [6.07, 6.45) is 1.37. The molecule has 3 heterocycles. The number of para-hydroxylation sites is 2. The van der Waals surface area contributed by atoms with Gasteiger partial charge in [0, 0.05) is 32.2 Å². The molecule has 3 aromatic carbocycles. The van der Waals surface area contributed by atoms with Crippen LogP contribution in [0.25, 0.3) is 11.0 Å². The van der Waals surface area contributed by atoms with Gasteiger partial charge in [-0.05, 0) is 72.5 Å². The Morgan fingerprint density at radius 1 is 0.952 bits per heavy atom. The summed E-state index contributed by atoms with van der Waals surface area (Å²) in [5.74, 6) is 1.30. The fraction of sp³-hybridized carbons (Fsp3) is 0.273.